The maximum atomic E-state index is 5.55. The van der Waals surface area contributed by atoms with Gasteiger partial charge in [0.1, 0.15) is 5.75 Å². The molecule has 2 heterocycles. The lowest BCUT2D eigenvalue weighted by Crippen LogP contribution is -2.60. The summed E-state index contributed by atoms with van der Waals surface area (Å²) in [5.74, 6) is 0.969. The van der Waals surface area contributed by atoms with E-state index in [-0.39, 0.29) is 5.54 Å². The highest BCUT2D eigenvalue weighted by Gasteiger charge is 2.34. The lowest BCUT2D eigenvalue weighted by atomic mass is 9.99. The van der Waals surface area contributed by atoms with Crippen LogP contribution in [0.2, 0.25) is 0 Å². The monoisotopic (exact) mass is 347 g/mol. The summed E-state index contributed by atoms with van der Waals surface area (Å²) in [6.07, 6.45) is 0. The zero-order valence-electron chi connectivity index (χ0n) is 16.2. The van der Waals surface area contributed by atoms with E-state index in [0.29, 0.717) is 6.04 Å². The summed E-state index contributed by atoms with van der Waals surface area (Å²) in [7, 11) is 1.75. The molecule has 0 unspecified atom stereocenters. The molecule has 2 saturated heterocycles. The molecule has 2 fully saturated rings. The van der Waals surface area contributed by atoms with Gasteiger partial charge in [-0.3, -0.25) is 9.80 Å². The van der Waals surface area contributed by atoms with Gasteiger partial charge in [0.15, 0.2) is 0 Å². The predicted molar refractivity (Wildman–Crippen MR) is 103 cm³/mol. The Morgan fingerprint density at radius 3 is 2.52 bits per heavy atom. The van der Waals surface area contributed by atoms with Crippen LogP contribution < -0.4 is 9.64 Å². The van der Waals surface area contributed by atoms with E-state index in [1.54, 1.807) is 7.11 Å². The molecule has 25 heavy (non-hydrogen) atoms. The number of anilines is 1. The number of rotatable bonds is 5. The summed E-state index contributed by atoms with van der Waals surface area (Å²) >= 11 is 0. The Bertz CT molecular complexity index is 558. The summed E-state index contributed by atoms with van der Waals surface area (Å²) < 4.78 is 11.1. The Labute approximate surface area is 152 Å². The molecule has 1 atom stereocenters. The molecule has 0 spiro atoms. The van der Waals surface area contributed by atoms with Crippen LogP contribution in [0.5, 0.6) is 5.75 Å². The fourth-order valence-corrected chi connectivity index (χ4v) is 4.11. The average molecular weight is 348 g/mol. The zero-order chi connectivity index (χ0) is 17.9. The molecule has 0 aliphatic carbocycles. The maximum Gasteiger partial charge on any atom is 0.142 e. The van der Waals surface area contributed by atoms with E-state index in [1.165, 1.54) is 5.69 Å². The summed E-state index contributed by atoms with van der Waals surface area (Å²) in [5.41, 5.74) is 1.40. The van der Waals surface area contributed by atoms with E-state index < -0.39 is 0 Å². The van der Waals surface area contributed by atoms with Crippen molar-refractivity contribution in [3.8, 4) is 5.75 Å². The van der Waals surface area contributed by atoms with E-state index >= 15 is 0 Å². The van der Waals surface area contributed by atoms with E-state index in [4.69, 9.17) is 9.47 Å². The highest BCUT2D eigenvalue weighted by atomic mass is 16.5. The van der Waals surface area contributed by atoms with E-state index in [1.807, 2.05) is 12.1 Å². The van der Waals surface area contributed by atoms with Gasteiger partial charge in [-0.15, -0.1) is 0 Å². The predicted octanol–water partition coefficient (Wildman–Crippen LogP) is 2.32. The molecule has 2 aliphatic heterocycles. The summed E-state index contributed by atoms with van der Waals surface area (Å²) in [6, 6.07) is 8.87. The van der Waals surface area contributed by atoms with Crippen molar-refractivity contribution in [1.29, 1.82) is 0 Å². The van der Waals surface area contributed by atoms with Crippen molar-refractivity contribution in [1.82, 2.24) is 9.80 Å². The van der Waals surface area contributed by atoms with Crippen LogP contribution in [-0.4, -0.2) is 81.0 Å². The second kappa shape index (κ2) is 7.94. The number of benzene rings is 1. The van der Waals surface area contributed by atoms with Gasteiger partial charge in [-0.1, -0.05) is 12.1 Å². The van der Waals surface area contributed by atoms with Crippen LogP contribution in [0.3, 0.4) is 0 Å². The lowest BCUT2D eigenvalue weighted by Gasteiger charge is -2.48. The van der Waals surface area contributed by atoms with E-state index in [2.05, 4.69) is 47.6 Å². The summed E-state index contributed by atoms with van der Waals surface area (Å²) in [5, 5.41) is 0. The second-order valence-electron chi connectivity index (χ2n) is 7.85. The number of piperazine rings is 1. The standard InChI is InChI=1S/C20H33N3O2/c1-17-15-21(18-7-5-6-8-19(18)24-4)9-10-22(17)16-20(2,3)23-11-13-25-14-12-23/h5-8,17H,9-16H2,1-4H3/t17-/m0/s1. The Morgan fingerprint density at radius 2 is 1.84 bits per heavy atom. The van der Waals surface area contributed by atoms with Gasteiger partial charge in [-0.2, -0.15) is 0 Å². The summed E-state index contributed by atoms with van der Waals surface area (Å²) in [4.78, 5) is 7.68. The zero-order valence-corrected chi connectivity index (χ0v) is 16.2. The fourth-order valence-electron chi connectivity index (χ4n) is 4.11. The lowest BCUT2D eigenvalue weighted by molar-refractivity contribution is -0.0264. The van der Waals surface area contributed by atoms with E-state index in [9.17, 15) is 0 Å². The first-order valence-corrected chi connectivity index (χ1v) is 9.46. The van der Waals surface area contributed by atoms with Gasteiger partial charge >= 0.3 is 0 Å². The van der Waals surface area contributed by atoms with Crippen molar-refractivity contribution in [3.63, 3.8) is 0 Å². The largest absolute Gasteiger partial charge is 0.495 e. The number of ether oxygens (including phenoxy) is 2. The third kappa shape index (κ3) is 4.27. The maximum absolute atomic E-state index is 5.55. The van der Waals surface area contributed by atoms with Crippen LogP contribution in [0.25, 0.3) is 0 Å². The van der Waals surface area contributed by atoms with Crippen molar-refractivity contribution in [3.05, 3.63) is 24.3 Å². The highest BCUT2D eigenvalue weighted by Crippen LogP contribution is 2.30. The van der Waals surface area contributed by atoms with Crippen LogP contribution in [0, 0.1) is 0 Å². The molecule has 0 N–H and O–H groups in total. The highest BCUT2D eigenvalue weighted by molar-refractivity contribution is 5.58. The third-order valence-electron chi connectivity index (χ3n) is 5.65. The van der Waals surface area contributed by atoms with Gasteiger partial charge in [0.05, 0.1) is 26.0 Å². The first kappa shape index (κ1) is 18.5. The Balaban J connectivity index is 1.61. The SMILES string of the molecule is COc1ccccc1N1CCN(CC(C)(C)N2CCOCC2)[C@@H](C)C1. The molecule has 0 aromatic heterocycles. The van der Waals surface area contributed by atoms with Gasteiger partial charge in [0.2, 0.25) is 0 Å². The molecule has 0 bridgehead atoms. The second-order valence-corrected chi connectivity index (χ2v) is 7.85. The van der Waals surface area contributed by atoms with Gasteiger partial charge in [0.25, 0.3) is 0 Å². The molecule has 1 aromatic carbocycles. The molecule has 0 radical (unpaired) electrons. The van der Waals surface area contributed by atoms with Crippen molar-refractivity contribution in [2.75, 3.05) is 64.5 Å². The van der Waals surface area contributed by atoms with Crippen molar-refractivity contribution >= 4 is 5.69 Å². The molecule has 1 aromatic rings. The smallest absolute Gasteiger partial charge is 0.142 e. The van der Waals surface area contributed by atoms with Crippen molar-refractivity contribution in [2.45, 2.75) is 32.4 Å². The van der Waals surface area contributed by atoms with Gasteiger partial charge in [-0.05, 0) is 32.9 Å². The first-order chi connectivity index (χ1) is 12.0. The number of nitrogens with zero attached hydrogens (tertiary/aromatic N) is 3. The first-order valence-electron chi connectivity index (χ1n) is 9.46. The number of hydrogen-bond donors (Lipinski definition) is 0. The third-order valence-corrected chi connectivity index (χ3v) is 5.65. The number of para-hydroxylation sites is 2. The van der Waals surface area contributed by atoms with Crippen LogP contribution in [0.15, 0.2) is 24.3 Å². The van der Waals surface area contributed by atoms with E-state index in [0.717, 1.165) is 58.2 Å². The molecule has 3 rings (SSSR count). The fraction of sp³-hybridized carbons (Fsp3) is 0.700. The average Bonchev–Trinajstić information content (AvgIpc) is 2.64. The molecule has 0 saturated carbocycles. The number of methoxy groups -OCH3 is 1. The Hall–Kier alpha value is -1.30. The van der Waals surface area contributed by atoms with Crippen molar-refractivity contribution in [2.24, 2.45) is 0 Å². The molecular weight excluding hydrogens is 314 g/mol. The minimum absolute atomic E-state index is 0.185. The van der Waals surface area contributed by atoms with Crippen LogP contribution in [0.4, 0.5) is 5.69 Å². The van der Waals surface area contributed by atoms with Gasteiger partial charge in [0, 0.05) is 50.8 Å². The molecule has 5 nitrogen and oxygen atoms in total. The molecule has 0 amide bonds. The van der Waals surface area contributed by atoms with Crippen LogP contribution >= 0.6 is 0 Å². The normalized spacial score (nSPS) is 23.7. The van der Waals surface area contributed by atoms with Gasteiger partial charge in [-0.25, -0.2) is 0 Å². The van der Waals surface area contributed by atoms with Crippen molar-refractivity contribution < 1.29 is 9.47 Å². The van der Waals surface area contributed by atoms with Crippen LogP contribution in [-0.2, 0) is 4.74 Å². The minimum atomic E-state index is 0.185. The molecule has 2 aliphatic rings. The molecule has 5 heteroatoms. The topological polar surface area (TPSA) is 28.2 Å². The Kier molecular flexibility index (Phi) is 5.87. The van der Waals surface area contributed by atoms with Gasteiger partial charge < -0.3 is 14.4 Å². The minimum Gasteiger partial charge on any atom is -0.495 e. The van der Waals surface area contributed by atoms with Crippen LogP contribution in [0.1, 0.15) is 20.8 Å². The summed E-state index contributed by atoms with van der Waals surface area (Å²) in [6.45, 7) is 15.2. The number of morpholine rings is 1. The molecule has 140 valence electrons. The Morgan fingerprint density at radius 1 is 1.12 bits per heavy atom. The number of hydrogen-bond acceptors (Lipinski definition) is 5. The quantitative estimate of drug-likeness (QED) is 0.815. The molecular formula is C20H33N3O2.